The molecule has 1 aliphatic heterocycles. The summed E-state index contributed by atoms with van der Waals surface area (Å²) < 4.78 is 6.04. The maximum Gasteiger partial charge on any atom is 0.131 e. The second kappa shape index (κ2) is 3.92. The molecule has 0 saturated carbocycles. The van der Waals surface area contributed by atoms with Crippen LogP contribution in [0.15, 0.2) is 23.8 Å². The molecule has 19 heavy (non-hydrogen) atoms. The highest BCUT2D eigenvalue weighted by molar-refractivity contribution is 5.55. The van der Waals surface area contributed by atoms with Gasteiger partial charge < -0.3 is 14.9 Å². The molecule has 3 heteroatoms. The minimum atomic E-state index is -0.283. The largest absolute Gasteiger partial charge is 0.508 e. The van der Waals surface area contributed by atoms with Gasteiger partial charge >= 0.3 is 0 Å². The second-order valence-electron chi connectivity index (χ2n) is 6.27. The molecular formula is C16H20O3. The lowest BCUT2D eigenvalue weighted by atomic mass is 9.68. The van der Waals surface area contributed by atoms with E-state index in [1.165, 1.54) is 11.6 Å². The summed E-state index contributed by atoms with van der Waals surface area (Å²) in [5, 5.41) is 19.8. The van der Waals surface area contributed by atoms with Gasteiger partial charge in [-0.1, -0.05) is 11.6 Å². The molecule has 1 aliphatic carbocycles. The van der Waals surface area contributed by atoms with Gasteiger partial charge in [-0.3, -0.25) is 0 Å². The molecule has 2 atom stereocenters. The summed E-state index contributed by atoms with van der Waals surface area (Å²) in [6, 6.07) is 3.00. The van der Waals surface area contributed by atoms with E-state index in [-0.39, 0.29) is 23.0 Å². The molecule has 0 fully saturated rings. The molecule has 0 aromatic heterocycles. The smallest absolute Gasteiger partial charge is 0.131 e. The SMILES string of the molecule is CC1=CC2c3c(O)cc(O)cc3OC(C)(C)[C@@H]2CC1. The number of allylic oxidation sites excluding steroid dienone is 2. The third kappa shape index (κ3) is 1.88. The molecule has 1 aromatic carbocycles. The highest BCUT2D eigenvalue weighted by atomic mass is 16.5. The minimum Gasteiger partial charge on any atom is -0.508 e. The number of benzene rings is 1. The van der Waals surface area contributed by atoms with Gasteiger partial charge in [0.1, 0.15) is 22.8 Å². The van der Waals surface area contributed by atoms with E-state index >= 15 is 0 Å². The van der Waals surface area contributed by atoms with Crippen LogP contribution in [0, 0.1) is 5.92 Å². The Morgan fingerprint density at radius 3 is 2.74 bits per heavy atom. The first-order valence-electron chi connectivity index (χ1n) is 6.80. The van der Waals surface area contributed by atoms with Gasteiger partial charge in [-0.2, -0.15) is 0 Å². The van der Waals surface area contributed by atoms with Crippen molar-refractivity contribution in [1.82, 2.24) is 0 Å². The van der Waals surface area contributed by atoms with Crippen molar-refractivity contribution in [3.05, 3.63) is 29.3 Å². The van der Waals surface area contributed by atoms with Gasteiger partial charge in [-0.05, 0) is 33.6 Å². The fourth-order valence-electron chi connectivity index (χ4n) is 3.51. The Kier molecular flexibility index (Phi) is 2.56. The van der Waals surface area contributed by atoms with E-state index < -0.39 is 0 Å². The third-order valence-corrected chi connectivity index (χ3v) is 4.45. The Balaban J connectivity index is 2.21. The monoisotopic (exact) mass is 260 g/mol. The van der Waals surface area contributed by atoms with E-state index in [0.717, 1.165) is 18.4 Å². The van der Waals surface area contributed by atoms with Crippen molar-refractivity contribution in [1.29, 1.82) is 0 Å². The molecule has 0 spiro atoms. The lowest BCUT2D eigenvalue weighted by Gasteiger charge is -2.46. The number of rotatable bonds is 0. The van der Waals surface area contributed by atoms with Crippen molar-refractivity contribution in [2.24, 2.45) is 5.92 Å². The standard InChI is InChI=1S/C16H20O3/c1-9-4-5-12-11(6-9)15-13(18)7-10(17)8-14(15)19-16(12,2)3/h6-8,11-12,17-18H,4-5H2,1-3H3/t11?,12-/m1/s1. The predicted octanol–water partition coefficient (Wildman–Crippen LogP) is 3.71. The van der Waals surface area contributed by atoms with Crippen molar-refractivity contribution >= 4 is 0 Å². The Hall–Kier alpha value is -1.64. The maximum atomic E-state index is 10.2. The molecule has 0 bridgehead atoms. The Bertz CT molecular complexity index is 557. The molecule has 2 N–H and O–H groups in total. The van der Waals surface area contributed by atoms with Crippen LogP contribution in [0.3, 0.4) is 0 Å². The first kappa shape index (κ1) is 12.4. The molecule has 102 valence electrons. The molecule has 0 saturated heterocycles. The van der Waals surface area contributed by atoms with Gasteiger partial charge in [0.15, 0.2) is 0 Å². The summed E-state index contributed by atoms with van der Waals surface area (Å²) in [5.74, 6) is 1.32. The number of hydrogen-bond acceptors (Lipinski definition) is 3. The zero-order valence-electron chi connectivity index (χ0n) is 11.6. The van der Waals surface area contributed by atoms with Gasteiger partial charge in [0, 0.05) is 29.5 Å². The van der Waals surface area contributed by atoms with Crippen LogP contribution in [0.5, 0.6) is 17.2 Å². The number of hydrogen-bond donors (Lipinski definition) is 2. The average Bonchev–Trinajstić information content (AvgIpc) is 2.25. The van der Waals surface area contributed by atoms with Crippen LogP contribution in [0.25, 0.3) is 0 Å². The molecule has 1 heterocycles. The van der Waals surface area contributed by atoms with Crippen molar-refractivity contribution in [3.8, 4) is 17.2 Å². The van der Waals surface area contributed by atoms with E-state index in [2.05, 4.69) is 26.8 Å². The quantitative estimate of drug-likeness (QED) is 0.699. The first-order valence-corrected chi connectivity index (χ1v) is 6.80. The molecule has 0 amide bonds. The van der Waals surface area contributed by atoms with Crippen LogP contribution in [0.4, 0.5) is 0 Å². The van der Waals surface area contributed by atoms with Gasteiger partial charge in [0.2, 0.25) is 0 Å². The first-order chi connectivity index (χ1) is 8.88. The molecule has 1 unspecified atom stereocenters. The normalized spacial score (nSPS) is 27.8. The summed E-state index contributed by atoms with van der Waals surface area (Å²) in [5.41, 5.74) is 1.90. The summed E-state index contributed by atoms with van der Waals surface area (Å²) in [6.45, 7) is 6.31. The van der Waals surface area contributed by atoms with Crippen LogP contribution in [-0.2, 0) is 0 Å². The van der Waals surface area contributed by atoms with E-state index in [4.69, 9.17) is 4.74 Å². The van der Waals surface area contributed by atoms with E-state index in [1.54, 1.807) is 6.07 Å². The fraction of sp³-hybridized carbons (Fsp3) is 0.500. The molecular weight excluding hydrogens is 240 g/mol. The molecule has 0 radical (unpaired) electrons. The van der Waals surface area contributed by atoms with Crippen LogP contribution < -0.4 is 4.74 Å². The summed E-state index contributed by atoms with van der Waals surface area (Å²) in [7, 11) is 0. The van der Waals surface area contributed by atoms with Crippen molar-refractivity contribution in [2.45, 2.75) is 45.1 Å². The van der Waals surface area contributed by atoms with Crippen LogP contribution in [0.2, 0.25) is 0 Å². The number of ether oxygens (including phenoxy) is 1. The van der Waals surface area contributed by atoms with Crippen LogP contribution >= 0.6 is 0 Å². The zero-order valence-corrected chi connectivity index (χ0v) is 11.6. The predicted molar refractivity (Wildman–Crippen MR) is 73.7 cm³/mol. The van der Waals surface area contributed by atoms with Gasteiger partial charge in [-0.15, -0.1) is 0 Å². The number of aromatic hydroxyl groups is 2. The average molecular weight is 260 g/mol. The van der Waals surface area contributed by atoms with E-state index in [1.807, 2.05) is 0 Å². The molecule has 3 rings (SSSR count). The lowest BCUT2D eigenvalue weighted by Crippen LogP contribution is -2.45. The lowest BCUT2D eigenvalue weighted by molar-refractivity contribution is 0.0106. The highest BCUT2D eigenvalue weighted by Gasteiger charge is 2.45. The Morgan fingerprint density at radius 1 is 1.26 bits per heavy atom. The fourth-order valence-corrected chi connectivity index (χ4v) is 3.51. The zero-order chi connectivity index (χ0) is 13.8. The molecule has 3 nitrogen and oxygen atoms in total. The van der Waals surface area contributed by atoms with Crippen LogP contribution in [-0.4, -0.2) is 15.8 Å². The van der Waals surface area contributed by atoms with Gasteiger partial charge in [0.05, 0.1) is 0 Å². The van der Waals surface area contributed by atoms with E-state index in [0.29, 0.717) is 11.7 Å². The van der Waals surface area contributed by atoms with E-state index in [9.17, 15) is 10.2 Å². The van der Waals surface area contributed by atoms with Crippen LogP contribution in [0.1, 0.15) is 45.1 Å². The number of phenols is 2. The van der Waals surface area contributed by atoms with Gasteiger partial charge in [-0.25, -0.2) is 0 Å². The molecule has 1 aromatic rings. The maximum absolute atomic E-state index is 10.2. The Labute approximate surface area is 113 Å². The van der Waals surface area contributed by atoms with Crippen molar-refractivity contribution < 1.29 is 14.9 Å². The third-order valence-electron chi connectivity index (χ3n) is 4.45. The topological polar surface area (TPSA) is 49.7 Å². The minimum absolute atomic E-state index is 0.0435. The van der Waals surface area contributed by atoms with Crippen molar-refractivity contribution in [3.63, 3.8) is 0 Å². The Morgan fingerprint density at radius 2 is 2.00 bits per heavy atom. The van der Waals surface area contributed by atoms with Gasteiger partial charge in [0.25, 0.3) is 0 Å². The second-order valence-corrected chi connectivity index (χ2v) is 6.27. The van der Waals surface area contributed by atoms with Crippen molar-refractivity contribution in [2.75, 3.05) is 0 Å². The summed E-state index contributed by atoms with van der Waals surface area (Å²) in [4.78, 5) is 0. The summed E-state index contributed by atoms with van der Waals surface area (Å²) in [6.07, 6.45) is 4.40. The summed E-state index contributed by atoms with van der Waals surface area (Å²) >= 11 is 0. The molecule has 2 aliphatic rings. The number of phenolic OH excluding ortho intramolecular Hbond substituents is 2. The highest BCUT2D eigenvalue weighted by Crippen LogP contribution is 2.53. The number of fused-ring (bicyclic) bond motifs is 3.